The van der Waals surface area contributed by atoms with Crippen LogP contribution in [-0.2, 0) is 25.7 Å². The van der Waals surface area contributed by atoms with Crippen molar-refractivity contribution in [3.63, 3.8) is 0 Å². The maximum absolute atomic E-state index is 12.5. The summed E-state index contributed by atoms with van der Waals surface area (Å²) in [6.07, 6.45) is 0. The number of nitrogens with one attached hydrogen (secondary N) is 1. The van der Waals surface area contributed by atoms with Crippen LogP contribution in [0, 0.1) is 10.1 Å². The summed E-state index contributed by atoms with van der Waals surface area (Å²) in [4.78, 5) is 47.7. The average Bonchev–Trinajstić information content (AvgIpc) is 2.64. The zero-order valence-corrected chi connectivity index (χ0v) is 15.2. The van der Waals surface area contributed by atoms with Crippen LogP contribution >= 0.6 is 11.8 Å². The van der Waals surface area contributed by atoms with Gasteiger partial charge in [0.2, 0.25) is 11.8 Å². The summed E-state index contributed by atoms with van der Waals surface area (Å²) in [6.45, 7) is 5.12. The molecule has 0 aliphatic carbocycles. The van der Waals surface area contributed by atoms with Gasteiger partial charge in [-0.1, -0.05) is 6.58 Å². The molecule has 142 valence electrons. The lowest BCUT2D eigenvalue weighted by atomic mass is 9.98. The molecule has 1 aromatic rings. The second-order valence-electron chi connectivity index (χ2n) is 6.22. The predicted molar refractivity (Wildman–Crippen MR) is 96.5 cm³/mol. The minimum atomic E-state index is -0.896. The highest BCUT2D eigenvalue weighted by Gasteiger charge is 2.56. The average molecular weight is 391 g/mol. The molecule has 2 fully saturated rings. The molecule has 3 atom stereocenters. The third-order valence-corrected chi connectivity index (χ3v) is 5.67. The minimum absolute atomic E-state index is 0.0548. The van der Waals surface area contributed by atoms with Gasteiger partial charge in [-0.25, -0.2) is 4.79 Å². The summed E-state index contributed by atoms with van der Waals surface area (Å²) >= 11 is 1.43. The molecule has 9 nitrogen and oxygen atoms in total. The number of non-ortho nitro benzene ring substituents is 1. The smallest absolute Gasteiger partial charge is 0.333 e. The molecular formula is C17H17N3O6S. The van der Waals surface area contributed by atoms with E-state index in [0.29, 0.717) is 16.9 Å². The van der Waals surface area contributed by atoms with Crippen LogP contribution in [-0.4, -0.2) is 50.8 Å². The number of β-lactam (4-membered cyclic amide) rings is 1. The molecule has 1 aromatic carbocycles. The van der Waals surface area contributed by atoms with Crippen LogP contribution in [0.3, 0.4) is 0 Å². The second kappa shape index (κ2) is 7.39. The van der Waals surface area contributed by atoms with Crippen molar-refractivity contribution in [1.29, 1.82) is 0 Å². The first kappa shape index (κ1) is 18.9. The Morgan fingerprint density at radius 3 is 2.67 bits per heavy atom. The summed E-state index contributed by atoms with van der Waals surface area (Å²) in [5.74, 6) is -0.795. The van der Waals surface area contributed by atoms with Crippen molar-refractivity contribution in [3.05, 3.63) is 52.1 Å². The van der Waals surface area contributed by atoms with Gasteiger partial charge in [0.05, 0.1) is 4.92 Å². The Balaban J connectivity index is 1.64. The standard InChI is InChI=1S/C17H17N3O6S/c1-9-8-27-16-13(18-10(2)21)15(22)19(16)14(9)17(23)26-7-11-3-5-12(6-4-11)20(24)25/h3-6,13-14,16H,1,7-8H2,2H3,(H,18,21)/t13-,14?,16-/m1/s1. The van der Waals surface area contributed by atoms with Crippen molar-refractivity contribution < 1.29 is 24.0 Å². The van der Waals surface area contributed by atoms with E-state index in [9.17, 15) is 24.5 Å². The highest BCUT2D eigenvalue weighted by atomic mass is 32.2. The molecule has 0 saturated carbocycles. The molecule has 0 radical (unpaired) electrons. The maximum Gasteiger partial charge on any atom is 0.333 e. The first-order valence-corrected chi connectivity index (χ1v) is 9.13. The number of carbonyl (C=O) groups is 3. The van der Waals surface area contributed by atoms with Gasteiger partial charge in [0.25, 0.3) is 5.69 Å². The number of carbonyl (C=O) groups excluding carboxylic acids is 3. The largest absolute Gasteiger partial charge is 0.459 e. The van der Waals surface area contributed by atoms with E-state index >= 15 is 0 Å². The first-order valence-electron chi connectivity index (χ1n) is 8.08. The fraction of sp³-hybridized carbons (Fsp3) is 0.353. The highest BCUT2D eigenvalue weighted by molar-refractivity contribution is 8.00. The Labute approximate surface area is 158 Å². The fourth-order valence-corrected chi connectivity index (χ4v) is 4.29. The molecule has 1 N–H and O–H groups in total. The molecule has 2 aliphatic heterocycles. The molecule has 2 heterocycles. The molecule has 1 unspecified atom stereocenters. The van der Waals surface area contributed by atoms with Crippen LogP contribution in [0.2, 0.25) is 0 Å². The number of hydrogen-bond donors (Lipinski definition) is 1. The predicted octanol–water partition coefficient (Wildman–Crippen LogP) is 0.983. The van der Waals surface area contributed by atoms with Gasteiger partial charge in [-0.15, -0.1) is 11.8 Å². The van der Waals surface area contributed by atoms with Gasteiger partial charge in [0, 0.05) is 24.8 Å². The van der Waals surface area contributed by atoms with E-state index in [-0.39, 0.29) is 29.5 Å². The van der Waals surface area contributed by atoms with Gasteiger partial charge in [-0.05, 0) is 23.3 Å². The monoisotopic (exact) mass is 391 g/mol. The summed E-state index contributed by atoms with van der Waals surface area (Å²) in [7, 11) is 0. The highest BCUT2D eigenvalue weighted by Crippen LogP contribution is 2.40. The lowest BCUT2D eigenvalue weighted by Crippen LogP contribution is -2.74. The summed E-state index contributed by atoms with van der Waals surface area (Å²) in [5, 5.41) is 12.9. The van der Waals surface area contributed by atoms with Gasteiger partial charge in [0.1, 0.15) is 18.0 Å². The molecular weight excluding hydrogens is 374 g/mol. The summed E-state index contributed by atoms with van der Waals surface area (Å²) in [5.41, 5.74) is 1.09. The Morgan fingerprint density at radius 1 is 1.41 bits per heavy atom. The van der Waals surface area contributed by atoms with Crippen LogP contribution in [0.1, 0.15) is 12.5 Å². The van der Waals surface area contributed by atoms with E-state index in [0.717, 1.165) is 0 Å². The number of nitro benzene ring substituents is 1. The van der Waals surface area contributed by atoms with Crippen LogP contribution in [0.15, 0.2) is 36.4 Å². The van der Waals surface area contributed by atoms with Crippen LogP contribution in [0.25, 0.3) is 0 Å². The summed E-state index contributed by atoms with van der Waals surface area (Å²) in [6, 6.07) is 4.11. The fourth-order valence-electron chi connectivity index (χ4n) is 2.98. The molecule has 2 aliphatic rings. The van der Waals surface area contributed by atoms with Gasteiger partial charge < -0.3 is 15.0 Å². The Kier molecular flexibility index (Phi) is 5.17. The van der Waals surface area contributed by atoms with Crippen LogP contribution < -0.4 is 5.32 Å². The van der Waals surface area contributed by atoms with E-state index in [1.807, 2.05) is 0 Å². The third-order valence-electron chi connectivity index (χ3n) is 4.29. The van der Waals surface area contributed by atoms with E-state index in [1.54, 1.807) is 0 Å². The van der Waals surface area contributed by atoms with Crippen molar-refractivity contribution in [2.45, 2.75) is 31.0 Å². The zero-order chi connectivity index (χ0) is 19.7. The quantitative estimate of drug-likeness (QED) is 0.261. The number of thioether (sulfide) groups is 1. The number of benzene rings is 1. The Morgan fingerprint density at radius 2 is 2.07 bits per heavy atom. The Hall–Kier alpha value is -2.88. The Bertz CT molecular complexity index is 824. The maximum atomic E-state index is 12.5. The molecule has 27 heavy (non-hydrogen) atoms. The number of amides is 2. The van der Waals surface area contributed by atoms with E-state index in [4.69, 9.17) is 4.74 Å². The van der Waals surface area contributed by atoms with Gasteiger partial charge in [-0.2, -0.15) is 0 Å². The minimum Gasteiger partial charge on any atom is -0.459 e. The molecule has 0 spiro atoms. The zero-order valence-electron chi connectivity index (χ0n) is 14.4. The number of hydrogen-bond acceptors (Lipinski definition) is 7. The van der Waals surface area contributed by atoms with Gasteiger partial charge >= 0.3 is 5.97 Å². The van der Waals surface area contributed by atoms with Crippen molar-refractivity contribution in [1.82, 2.24) is 10.2 Å². The molecule has 0 bridgehead atoms. The van der Waals surface area contributed by atoms with Gasteiger partial charge in [-0.3, -0.25) is 19.7 Å². The van der Waals surface area contributed by atoms with E-state index in [1.165, 1.54) is 47.9 Å². The van der Waals surface area contributed by atoms with Crippen molar-refractivity contribution in [3.8, 4) is 0 Å². The number of nitrogens with zero attached hydrogens (tertiary/aromatic N) is 2. The second-order valence-corrected chi connectivity index (χ2v) is 7.32. The molecule has 2 amide bonds. The summed E-state index contributed by atoms with van der Waals surface area (Å²) < 4.78 is 5.30. The number of fused-ring (bicyclic) bond motifs is 1. The molecule has 10 heteroatoms. The SMILES string of the molecule is C=C1CS[C@@H]2[C@H](NC(C)=O)C(=O)N2C1C(=O)OCc1ccc([N+](=O)[O-])cc1. The lowest BCUT2D eigenvalue weighted by Gasteiger charge is -2.52. The molecule has 2 saturated heterocycles. The molecule has 0 aromatic heterocycles. The normalized spacial score (nSPS) is 23.9. The van der Waals surface area contributed by atoms with Crippen molar-refractivity contribution in [2.24, 2.45) is 0 Å². The van der Waals surface area contributed by atoms with E-state index in [2.05, 4.69) is 11.9 Å². The third kappa shape index (κ3) is 3.65. The topological polar surface area (TPSA) is 119 Å². The number of nitro groups is 1. The van der Waals surface area contributed by atoms with Crippen LogP contribution in [0.4, 0.5) is 5.69 Å². The number of ether oxygens (including phenoxy) is 1. The molecule has 3 rings (SSSR count). The van der Waals surface area contributed by atoms with Crippen molar-refractivity contribution >= 4 is 35.2 Å². The van der Waals surface area contributed by atoms with Gasteiger partial charge in [0.15, 0.2) is 6.04 Å². The number of esters is 1. The lowest BCUT2D eigenvalue weighted by molar-refractivity contribution is -0.384. The number of rotatable bonds is 5. The van der Waals surface area contributed by atoms with Crippen molar-refractivity contribution in [2.75, 3.05) is 5.75 Å². The first-order chi connectivity index (χ1) is 12.8. The van der Waals surface area contributed by atoms with E-state index < -0.39 is 23.0 Å². The van der Waals surface area contributed by atoms with Crippen LogP contribution in [0.5, 0.6) is 0 Å².